The van der Waals surface area contributed by atoms with Gasteiger partial charge in [-0.2, -0.15) is 0 Å². The van der Waals surface area contributed by atoms with Crippen molar-refractivity contribution in [3.63, 3.8) is 0 Å². The normalized spacial score (nSPS) is 22.2. The van der Waals surface area contributed by atoms with E-state index in [2.05, 4.69) is 48.3 Å². The molecule has 0 spiro atoms. The monoisotopic (exact) mass is 292 g/mol. The van der Waals surface area contributed by atoms with E-state index < -0.39 is 0 Å². The highest BCUT2D eigenvalue weighted by Crippen LogP contribution is 2.23. The Hall–Kier alpha value is -1.10. The molecule has 1 saturated heterocycles. The van der Waals surface area contributed by atoms with Crippen molar-refractivity contribution in [2.24, 2.45) is 5.92 Å². The molecule has 4 heteroatoms. The maximum absolute atomic E-state index is 5.49. The molecule has 2 atom stereocenters. The average Bonchev–Trinajstić information content (AvgIpc) is 2.91. The maximum atomic E-state index is 5.49. The summed E-state index contributed by atoms with van der Waals surface area (Å²) in [7, 11) is 3.51. The van der Waals surface area contributed by atoms with Crippen LogP contribution in [0, 0.1) is 5.92 Å². The van der Waals surface area contributed by atoms with Gasteiger partial charge >= 0.3 is 0 Å². The van der Waals surface area contributed by atoms with Crippen LogP contribution in [0.15, 0.2) is 24.3 Å². The van der Waals surface area contributed by atoms with E-state index >= 15 is 0 Å². The van der Waals surface area contributed by atoms with Crippen molar-refractivity contribution in [2.75, 3.05) is 38.8 Å². The van der Waals surface area contributed by atoms with Gasteiger partial charge in [-0.15, -0.1) is 0 Å². The van der Waals surface area contributed by atoms with Gasteiger partial charge in [-0.05, 0) is 30.2 Å². The average molecular weight is 292 g/mol. The van der Waals surface area contributed by atoms with Crippen LogP contribution in [-0.4, -0.2) is 46.1 Å². The molecule has 0 aliphatic carbocycles. The molecule has 0 amide bonds. The van der Waals surface area contributed by atoms with E-state index in [0.29, 0.717) is 5.92 Å². The summed E-state index contributed by atoms with van der Waals surface area (Å²) in [6.45, 7) is 8.21. The molecule has 0 radical (unpaired) electrons. The van der Waals surface area contributed by atoms with E-state index in [1.165, 1.54) is 11.3 Å². The maximum Gasteiger partial charge on any atom is 0.102 e. The molecule has 1 fully saturated rings. The molecule has 4 nitrogen and oxygen atoms in total. The molecule has 0 saturated carbocycles. The zero-order chi connectivity index (χ0) is 15.2. The van der Waals surface area contributed by atoms with Crippen LogP contribution in [0.4, 0.5) is 5.69 Å². The van der Waals surface area contributed by atoms with Gasteiger partial charge in [0.15, 0.2) is 0 Å². The van der Waals surface area contributed by atoms with E-state index in [-0.39, 0.29) is 12.2 Å². The first-order valence-electron chi connectivity index (χ1n) is 7.74. The number of hydrogen-bond donors (Lipinski definition) is 1. The van der Waals surface area contributed by atoms with Crippen LogP contribution in [0.3, 0.4) is 0 Å². The zero-order valence-electron chi connectivity index (χ0n) is 13.6. The van der Waals surface area contributed by atoms with Crippen molar-refractivity contribution in [1.29, 1.82) is 0 Å². The predicted octanol–water partition coefficient (Wildman–Crippen LogP) is 2.28. The Labute approximate surface area is 128 Å². The van der Waals surface area contributed by atoms with Crippen molar-refractivity contribution in [3.8, 4) is 0 Å². The standard InChI is InChI=1S/C17H28N2O2/c1-13(2)9-18-10-14-5-7-15(8-6-14)19-11-16(20-3)17(12-19)21-4/h5-8,13,16-18H,9-12H2,1-4H3. The Balaban J connectivity index is 1.90. The molecule has 1 aliphatic heterocycles. The van der Waals surface area contributed by atoms with Crippen molar-refractivity contribution in [2.45, 2.75) is 32.6 Å². The van der Waals surface area contributed by atoms with Crippen molar-refractivity contribution in [1.82, 2.24) is 5.32 Å². The van der Waals surface area contributed by atoms with Crippen LogP contribution in [-0.2, 0) is 16.0 Å². The number of rotatable bonds is 7. The number of ether oxygens (including phenoxy) is 2. The number of anilines is 1. The molecule has 2 rings (SSSR count). The first-order valence-corrected chi connectivity index (χ1v) is 7.74. The fraction of sp³-hybridized carbons (Fsp3) is 0.647. The highest BCUT2D eigenvalue weighted by Gasteiger charge is 2.32. The van der Waals surface area contributed by atoms with Gasteiger partial charge in [0.25, 0.3) is 0 Å². The number of hydrogen-bond acceptors (Lipinski definition) is 4. The summed E-state index contributed by atoms with van der Waals surface area (Å²) in [6, 6.07) is 8.78. The Morgan fingerprint density at radius 2 is 1.67 bits per heavy atom. The molecule has 1 aromatic rings. The van der Waals surface area contributed by atoms with Crippen LogP contribution in [0.5, 0.6) is 0 Å². The van der Waals surface area contributed by atoms with Gasteiger partial charge in [0, 0.05) is 39.5 Å². The first kappa shape index (κ1) is 16.3. The van der Waals surface area contributed by atoms with Gasteiger partial charge in [0.05, 0.1) is 0 Å². The number of methoxy groups -OCH3 is 2. The molecule has 1 aromatic carbocycles. The van der Waals surface area contributed by atoms with Crippen molar-refractivity contribution >= 4 is 5.69 Å². The number of nitrogens with one attached hydrogen (secondary N) is 1. The van der Waals surface area contributed by atoms with Crippen LogP contribution in [0.25, 0.3) is 0 Å². The topological polar surface area (TPSA) is 33.7 Å². The minimum Gasteiger partial charge on any atom is -0.377 e. The van der Waals surface area contributed by atoms with Gasteiger partial charge in [0.2, 0.25) is 0 Å². The van der Waals surface area contributed by atoms with Gasteiger partial charge in [-0.25, -0.2) is 0 Å². The summed E-state index contributed by atoms with van der Waals surface area (Å²) in [5.41, 5.74) is 2.56. The van der Waals surface area contributed by atoms with Crippen molar-refractivity contribution < 1.29 is 9.47 Å². The lowest BCUT2D eigenvalue weighted by Gasteiger charge is -2.18. The smallest absolute Gasteiger partial charge is 0.102 e. The number of nitrogens with zero attached hydrogens (tertiary/aromatic N) is 1. The third-order valence-electron chi connectivity index (χ3n) is 4.00. The predicted molar refractivity (Wildman–Crippen MR) is 86.8 cm³/mol. The lowest BCUT2D eigenvalue weighted by atomic mass is 10.2. The molecule has 0 bridgehead atoms. The molecule has 1 N–H and O–H groups in total. The van der Waals surface area contributed by atoms with E-state index in [1.54, 1.807) is 14.2 Å². The second-order valence-corrected chi connectivity index (χ2v) is 6.14. The summed E-state index contributed by atoms with van der Waals surface area (Å²) in [4.78, 5) is 2.33. The van der Waals surface area contributed by atoms with Crippen LogP contribution in [0.1, 0.15) is 19.4 Å². The highest BCUT2D eigenvalue weighted by atomic mass is 16.5. The van der Waals surface area contributed by atoms with Gasteiger partial charge in [0.1, 0.15) is 12.2 Å². The summed E-state index contributed by atoms with van der Waals surface area (Å²) < 4.78 is 11.0. The molecule has 1 heterocycles. The van der Waals surface area contributed by atoms with Gasteiger partial charge in [-0.3, -0.25) is 0 Å². The quantitative estimate of drug-likeness (QED) is 0.836. The van der Waals surface area contributed by atoms with Crippen LogP contribution in [0.2, 0.25) is 0 Å². The Bertz CT molecular complexity index is 407. The molecular formula is C17H28N2O2. The van der Waals surface area contributed by atoms with Crippen LogP contribution < -0.4 is 10.2 Å². The zero-order valence-corrected chi connectivity index (χ0v) is 13.6. The van der Waals surface area contributed by atoms with Gasteiger partial charge in [-0.1, -0.05) is 26.0 Å². The van der Waals surface area contributed by atoms with Crippen molar-refractivity contribution in [3.05, 3.63) is 29.8 Å². The third-order valence-corrected chi connectivity index (χ3v) is 4.00. The SMILES string of the molecule is COC1CN(c2ccc(CNCC(C)C)cc2)CC1OC. The first-order chi connectivity index (χ1) is 10.1. The Morgan fingerprint density at radius 3 is 2.14 bits per heavy atom. The largest absolute Gasteiger partial charge is 0.377 e. The van der Waals surface area contributed by atoms with Gasteiger partial charge < -0.3 is 19.7 Å². The highest BCUT2D eigenvalue weighted by molar-refractivity contribution is 5.49. The van der Waals surface area contributed by atoms with E-state index in [1.807, 2.05) is 0 Å². The second-order valence-electron chi connectivity index (χ2n) is 6.14. The second kappa shape index (κ2) is 7.78. The third kappa shape index (κ3) is 4.43. The van der Waals surface area contributed by atoms with E-state index in [0.717, 1.165) is 26.2 Å². The van der Waals surface area contributed by atoms with E-state index in [4.69, 9.17) is 9.47 Å². The summed E-state index contributed by atoms with van der Waals surface area (Å²) in [5, 5.41) is 3.47. The lowest BCUT2D eigenvalue weighted by Crippen LogP contribution is -2.27. The molecule has 21 heavy (non-hydrogen) atoms. The summed E-state index contributed by atoms with van der Waals surface area (Å²) in [6.07, 6.45) is 0.310. The summed E-state index contributed by atoms with van der Waals surface area (Å²) >= 11 is 0. The fourth-order valence-electron chi connectivity index (χ4n) is 2.74. The Kier molecular flexibility index (Phi) is 6.03. The molecule has 2 unspecified atom stereocenters. The fourth-order valence-corrected chi connectivity index (χ4v) is 2.74. The Morgan fingerprint density at radius 1 is 1.10 bits per heavy atom. The minimum absolute atomic E-state index is 0.155. The van der Waals surface area contributed by atoms with Crippen LogP contribution >= 0.6 is 0 Å². The molecule has 118 valence electrons. The van der Waals surface area contributed by atoms with E-state index in [9.17, 15) is 0 Å². The molecule has 1 aliphatic rings. The minimum atomic E-state index is 0.155. The lowest BCUT2D eigenvalue weighted by molar-refractivity contribution is -0.00461. The summed E-state index contributed by atoms with van der Waals surface area (Å²) in [5.74, 6) is 0.686. The molecular weight excluding hydrogens is 264 g/mol. The number of benzene rings is 1. The molecule has 0 aromatic heterocycles.